The first kappa shape index (κ1) is 30.9. The Hall–Kier alpha value is -6.91. The molecule has 6 aromatic carbocycles. The summed E-state index contributed by atoms with van der Waals surface area (Å²) in [6.07, 6.45) is 5.19. The Morgan fingerprint density at radius 2 is 1.08 bits per heavy atom. The number of imidazole rings is 1. The lowest BCUT2D eigenvalue weighted by atomic mass is 9.85. The number of hydrogen-bond acceptors (Lipinski definition) is 3. The van der Waals surface area contributed by atoms with Gasteiger partial charge in [-0.15, -0.1) is 0 Å². The van der Waals surface area contributed by atoms with Crippen LogP contribution in [0.15, 0.2) is 193 Å². The molecule has 4 heteroatoms. The molecule has 0 saturated heterocycles. The fourth-order valence-electron chi connectivity index (χ4n) is 7.71. The monoisotopic (exact) mass is 678 g/mol. The highest BCUT2D eigenvalue weighted by Crippen LogP contribution is 2.37. The van der Waals surface area contributed by atoms with Gasteiger partial charge >= 0.3 is 0 Å². The third-order valence-corrected chi connectivity index (χ3v) is 10.3. The van der Waals surface area contributed by atoms with E-state index in [-0.39, 0.29) is 5.92 Å². The largest absolute Gasteiger partial charge is 0.284 e. The summed E-state index contributed by atoms with van der Waals surface area (Å²) in [6, 6.07) is 62.2. The lowest BCUT2D eigenvalue weighted by molar-refractivity contribution is 0.880. The van der Waals surface area contributed by atoms with E-state index >= 15 is 0 Å². The standard InChI is InChI=1S/C49H34N4/c1-3-14-33(15-4-1)35-18-11-21-38(28-35)41-31-44(34-16-5-2-6-17-34)50-45(32-41)39-22-12-19-36(29-39)37-20-13-23-40(30-37)47-42-24-7-8-25-43(42)48-49(52-47)53-27-10-9-26-46(53)51-48/h1-31,41H,32H2. The minimum atomic E-state index is 0.183. The molecular weight excluding hydrogens is 645 g/mol. The first-order valence-corrected chi connectivity index (χ1v) is 18.1. The van der Waals surface area contributed by atoms with Crippen molar-refractivity contribution in [2.45, 2.75) is 12.3 Å². The Bertz CT molecular complexity index is 2870. The van der Waals surface area contributed by atoms with Crippen LogP contribution in [0.1, 0.15) is 29.0 Å². The van der Waals surface area contributed by atoms with E-state index < -0.39 is 0 Å². The second kappa shape index (κ2) is 13.0. The average molecular weight is 679 g/mol. The van der Waals surface area contributed by atoms with E-state index in [4.69, 9.17) is 15.0 Å². The molecule has 1 unspecified atom stereocenters. The van der Waals surface area contributed by atoms with Gasteiger partial charge in [-0.2, -0.15) is 0 Å². The molecule has 0 spiro atoms. The molecular formula is C49H34N4. The molecule has 0 fully saturated rings. The van der Waals surface area contributed by atoms with Crippen molar-refractivity contribution in [3.63, 3.8) is 0 Å². The molecule has 1 aliphatic rings. The van der Waals surface area contributed by atoms with Gasteiger partial charge in [-0.05, 0) is 63.2 Å². The molecule has 9 aromatic rings. The van der Waals surface area contributed by atoms with E-state index in [1.165, 1.54) is 16.7 Å². The van der Waals surface area contributed by atoms with E-state index in [9.17, 15) is 0 Å². The van der Waals surface area contributed by atoms with Crippen LogP contribution >= 0.6 is 0 Å². The Labute approximate surface area is 308 Å². The zero-order chi connectivity index (χ0) is 35.1. The van der Waals surface area contributed by atoms with Gasteiger partial charge in [0.1, 0.15) is 11.2 Å². The summed E-state index contributed by atoms with van der Waals surface area (Å²) in [7, 11) is 0. The molecule has 250 valence electrons. The second-order valence-corrected chi connectivity index (χ2v) is 13.7. The van der Waals surface area contributed by atoms with Crippen LogP contribution in [0.3, 0.4) is 0 Å². The number of hydrogen-bond donors (Lipinski definition) is 0. The van der Waals surface area contributed by atoms with Crippen molar-refractivity contribution >= 4 is 39.0 Å². The highest BCUT2D eigenvalue weighted by molar-refractivity contribution is 6.10. The van der Waals surface area contributed by atoms with E-state index in [1.807, 2.05) is 24.4 Å². The minimum Gasteiger partial charge on any atom is -0.284 e. The number of allylic oxidation sites excluding steroid dienone is 1. The van der Waals surface area contributed by atoms with Gasteiger partial charge in [0.25, 0.3) is 0 Å². The third-order valence-electron chi connectivity index (χ3n) is 10.3. The highest BCUT2D eigenvalue weighted by atomic mass is 15.1. The van der Waals surface area contributed by atoms with Gasteiger partial charge in [0.2, 0.25) is 0 Å². The Morgan fingerprint density at radius 1 is 0.472 bits per heavy atom. The molecule has 0 aliphatic carbocycles. The lowest BCUT2D eigenvalue weighted by Crippen LogP contribution is -2.12. The summed E-state index contributed by atoms with van der Waals surface area (Å²) in [5.74, 6) is 0.183. The number of aliphatic imine (C=N–C) groups is 1. The van der Waals surface area contributed by atoms with Gasteiger partial charge in [0.15, 0.2) is 5.65 Å². The van der Waals surface area contributed by atoms with Crippen LogP contribution in [-0.4, -0.2) is 20.1 Å². The van der Waals surface area contributed by atoms with Crippen molar-refractivity contribution in [3.8, 4) is 33.5 Å². The molecule has 4 heterocycles. The van der Waals surface area contributed by atoms with Crippen LogP contribution in [-0.2, 0) is 0 Å². The molecule has 0 N–H and O–H groups in total. The van der Waals surface area contributed by atoms with Crippen LogP contribution in [0.4, 0.5) is 0 Å². The Kier molecular flexibility index (Phi) is 7.58. The summed E-state index contributed by atoms with van der Waals surface area (Å²) in [6.45, 7) is 0. The molecule has 1 aliphatic heterocycles. The van der Waals surface area contributed by atoms with E-state index in [1.54, 1.807) is 0 Å². The van der Waals surface area contributed by atoms with Gasteiger partial charge in [-0.1, -0.05) is 158 Å². The predicted octanol–water partition coefficient (Wildman–Crippen LogP) is 12.1. The van der Waals surface area contributed by atoms with Crippen LogP contribution in [0, 0.1) is 0 Å². The highest BCUT2D eigenvalue weighted by Gasteiger charge is 2.22. The number of aromatic nitrogens is 3. The fraction of sp³-hybridized carbons (Fsp3) is 0.0408. The molecule has 3 aromatic heterocycles. The summed E-state index contributed by atoms with van der Waals surface area (Å²) < 4.78 is 2.08. The van der Waals surface area contributed by atoms with Crippen molar-refractivity contribution in [1.29, 1.82) is 0 Å². The number of rotatable bonds is 6. The van der Waals surface area contributed by atoms with Gasteiger partial charge in [-0.3, -0.25) is 9.39 Å². The average Bonchev–Trinajstić information content (AvgIpc) is 3.63. The molecule has 1 atom stereocenters. The van der Waals surface area contributed by atoms with Crippen molar-refractivity contribution < 1.29 is 0 Å². The van der Waals surface area contributed by atoms with Gasteiger partial charge < -0.3 is 0 Å². The SMILES string of the molecule is C1=C(c2ccccc2)N=C(c2cccc(-c3cccc(-c4nc5c(nc6ccccn65)c5ccccc45)c3)c2)CC1c1cccc(-c2ccccc2)c1. The van der Waals surface area contributed by atoms with Crippen molar-refractivity contribution in [2.24, 2.45) is 4.99 Å². The number of nitrogens with zero attached hydrogens (tertiary/aromatic N) is 4. The summed E-state index contributed by atoms with van der Waals surface area (Å²) in [5, 5.41) is 2.19. The fourth-order valence-corrected chi connectivity index (χ4v) is 7.71. The first-order chi connectivity index (χ1) is 26.2. The molecule has 0 radical (unpaired) electrons. The minimum absolute atomic E-state index is 0.183. The van der Waals surface area contributed by atoms with Crippen molar-refractivity contribution in [2.75, 3.05) is 0 Å². The number of pyridine rings is 2. The molecule has 0 bridgehead atoms. The molecule has 10 rings (SSSR count). The summed E-state index contributed by atoms with van der Waals surface area (Å²) in [4.78, 5) is 15.5. The van der Waals surface area contributed by atoms with Gasteiger partial charge in [-0.25, -0.2) is 9.97 Å². The smallest absolute Gasteiger partial charge is 0.165 e. The second-order valence-electron chi connectivity index (χ2n) is 13.7. The lowest BCUT2D eigenvalue weighted by Gasteiger charge is -2.23. The maximum atomic E-state index is 5.32. The summed E-state index contributed by atoms with van der Waals surface area (Å²) in [5.41, 5.74) is 15.1. The number of fused-ring (bicyclic) bond motifs is 5. The van der Waals surface area contributed by atoms with E-state index in [0.29, 0.717) is 0 Å². The predicted molar refractivity (Wildman–Crippen MR) is 219 cm³/mol. The van der Waals surface area contributed by atoms with Crippen LogP contribution in [0.2, 0.25) is 0 Å². The zero-order valence-electron chi connectivity index (χ0n) is 29.0. The molecule has 4 nitrogen and oxygen atoms in total. The van der Waals surface area contributed by atoms with Crippen LogP contribution in [0.5, 0.6) is 0 Å². The Morgan fingerprint density at radius 3 is 1.87 bits per heavy atom. The summed E-state index contributed by atoms with van der Waals surface area (Å²) >= 11 is 0. The maximum absolute atomic E-state index is 5.32. The number of benzene rings is 6. The topological polar surface area (TPSA) is 42.5 Å². The van der Waals surface area contributed by atoms with Crippen molar-refractivity contribution in [1.82, 2.24) is 14.4 Å². The van der Waals surface area contributed by atoms with Gasteiger partial charge in [0, 0.05) is 40.6 Å². The normalized spacial score (nSPS) is 14.4. The van der Waals surface area contributed by atoms with E-state index in [0.717, 1.165) is 78.9 Å². The van der Waals surface area contributed by atoms with Gasteiger partial charge in [0.05, 0.1) is 11.4 Å². The van der Waals surface area contributed by atoms with E-state index in [2.05, 4.69) is 168 Å². The maximum Gasteiger partial charge on any atom is 0.165 e. The zero-order valence-corrected chi connectivity index (χ0v) is 29.0. The quantitative estimate of drug-likeness (QED) is 0.176. The Balaban J connectivity index is 1.04. The van der Waals surface area contributed by atoms with Crippen molar-refractivity contribution in [3.05, 3.63) is 205 Å². The molecule has 0 amide bonds. The first-order valence-electron chi connectivity index (χ1n) is 18.1. The third kappa shape index (κ3) is 5.71. The van der Waals surface area contributed by atoms with Crippen LogP contribution < -0.4 is 0 Å². The molecule has 0 saturated carbocycles. The van der Waals surface area contributed by atoms with Crippen LogP contribution in [0.25, 0.3) is 66.8 Å². The molecule has 53 heavy (non-hydrogen) atoms.